The first kappa shape index (κ1) is 21.2. The van der Waals surface area contributed by atoms with Crippen molar-refractivity contribution in [1.29, 1.82) is 0 Å². The molecule has 0 aromatic heterocycles. The van der Waals surface area contributed by atoms with E-state index in [9.17, 15) is 14.4 Å². The molecule has 0 aliphatic heterocycles. The molecule has 0 saturated heterocycles. The van der Waals surface area contributed by atoms with Gasteiger partial charge in [0.15, 0.2) is 11.5 Å². The number of imide groups is 1. The van der Waals surface area contributed by atoms with E-state index in [2.05, 4.69) is 15.4 Å². The fourth-order valence-electron chi connectivity index (χ4n) is 2.12. The maximum atomic E-state index is 12.2. The topological polar surface area (TPSA) is 106 Å². The number of rotatable bonds is 9. The number of anilines is 1. The molecule has 26 heavy (non-hydrogen) atoms. The molecule has 1 aromatic rings. The number of nitrogens with one attached hydrogen (secondary N) is 2. The lowest BCUT2D eigenvalue weighted by Gasteiger charge is -2.19. The minimum atomic E-state index is -0.802. The van der Waals surface area contributed by atoms with Gasteiger partial charge in [0, 0.05) is 11.8 Å². The normalized spacial score (nSPS) is 10.2. The summed E-state index contributed by atoms with van der Waals surface area (Å²) in [6, 6.07) is 5.00. The highest BCUT2D eigenvalue weighted by atomic mass is 16.5. The molecule has 0 spiro atoms. The van der Waals surface area contributed by atoms with Crippen molar-refractivity contribution in [2.24, 2.45) is 0 Å². The van der Waals surface area contributed by atoms with E-state index in [1.807, 2.05) is 0 Å². The van der Waals surface area contributed by atoms with Gasteiger partial charge in [0.05, 0.1) is 33.9 Å². The molecule has 1 rings (SSSR count). The molecule has 9 heteroatoms. The van der Waals surface area contributed by atoms with E-state index in [0.717, 1.165) is 0 Å². The van der Waals surface area contributed by atoms with Crippen LogP contribution in [0.4, 0.5) is 10.5 Å². The number of hydrogen-bond acceptors (Lipinski definition) is 7. The highest BCUT2D eigenvalue weighted by molar-refractivity contribution is 5.94. The second-order valence-electron chi connectivity index (χ2n) is 5.19. The molecule has 0 atom stereocenters. The Bertz CT molecular complexity index is 635. The molecule has 144 valence electrons. The number of nitrogens with zero attached hydrogens (tertiary/aromatic N) is 1. The Hall–Kier alpha value is -2.81. The van der Waals surface area contributed by atoms with Gasteiger partial charge in [-0.1, -0.05) is 6.92 Å². The first-order valence-electron chi connectivity index (χ1n) is 8.14. The third-order valence-corrected chi connectivity index (χ3v) is 3.37. The van der Waals surface area contributed by atoms with E-state index in [-0.39, 0.29) is 25.6 Å². The summed E-state index contributed by atoms with van der Waals surface area (Å²) < 4.78 is 15.0. The van der Waals surface area contributed by atoms with Gasteiger partial charge in [-0.15, -0.1) is 0 Å². The van der Waals surface area contributed by atoms with E-state index in [4.69, 9.17) is 9.47 Å². The molecule has 0 fully saturated rings. The number of likely N-dealkylation sites (N-methyl/N-ethyl adjacent to an activating group) is 1. The summed E-state index contributed by atoms with van der Waals surface area (Å²) in [5, 5.41) is 4.82. The molecule has 0 aliphatic rings. The number of amides is 3. The number of benzene rings is 1. The number of carbonyl (C=O) groups is 3. The lowest BCUT2D eigenvalue weighted by atomic mass is 10.2. The Morgan fingerprint density at radius 1 is 1.00 bits per heavy atom. The van der Waals surface area contributed by atoms with Gasteiger partial charge in [-0.3, -0.25) is 19.8 Å². The monoisotopic (exact) mass is 367 g/mol. The van der Waals surface area contributed by atoms with Gasteiger partial charge >= 0.3 is 6.09 Å². The Balaban J connectivity index is 2.59. The first-order chi connectivity index (χ1) is 12.4. The van der Waals surface area contributed by atoms with Crippen LogP contribution in [0.25, 0.3) is 0 Å². The van der Waals surface area contributed by atoms with E-state index >= 15 is 0 Å². The average Bonchev–Trinajstić information content (AvgIpc) is 2.60. The Morgan fingerprint density at radius 3 is 2.23 bits per heavy atom. The molecule has 0 aliphatic carbocycles. The standard InChI is InChI=1S/C17H25N3O6/c1-5-20(11-16(22)19-17(23)26-6-2)10-15(21)18-12-7-8-13(24-3)14(9-12)25-4/h7-9H,5-6,10-11H2,1-4H3,(H,18,21)(H,19,22,23). The predicted octanol–water partition coefficient (Wildman–Crippen LogP) is 1.24. The summed E-state index contributed by atoms with van der Waals surface area (Å²) in [6.07, 6.45) is -0.802. The summed E-state index contributed by atoms with van der Waals surface area (Å²) in [7, 11) is 3.03. The molecule has 0 bridgehead atoms. The van der Waals surface area contributed by atoms with Gasteiger partial charge in [-0.2, -0.15) is 0 Å². The molecule has 1 aromatic carbocycles. The Kier molecular flexibility index (Phi) is 8.93. The van der Waals surface area contributed by atoms with Crippen molar-refractivity contribution in [2.45, 2.75) is 13.8 Å². The minimum Gasteiger partial charge on any atom is -0.493 e. The van der Waals surface area contributed by atoms with Gasteiger partial charge in [-0.25, -0.2) is 4.79 Å². The molecular formula is C17H25N3O6. The van der Waals surface area contributed by atoms with Gasteiger partial charge in [0.25, 0.3) is 0 Å². The molecule has 9 nitrogen and oxygen atoms in total. The van der Waals surface area contributed by atoms with Crippen molar-refractivity contribution < 1.29 is 28.6 Å². The van der Waals surface area contributed by atoms with Crippen LogP contribution in [-0.2, 0) is 14.3 Å². The lowest BCUT2D eigenvalue weighted by Crippen LogP contribution is -2.43. The maximum absolute atomic E-state index is 12.2. The van der Waals surface area contributed by atoms with Crippen LogP contribution in [0.15, 0.2) is 18.2 Å². The van der Waals surface area contributed by atoms with Crippen LogP contribution in [0.5, 0.6) is 11.5 Å². The van der Waals surface area contributed by atoms with Crippen LogP contribution in [0.3, 0.4) is 0 Å². The second kappa shape index (κ2) is 10.9. The van der Waals surface area contributed by atoms with Crippen LogP contribution in [0, 0.1) is 0 Å². The first-order valence-corrected chi connectivity index (χ1v) is 8.14. The van der Waals surface area contributed by atoms with Crippen molar-refractivity contribution in [1.82, 2.24) is 10.2 Å². The molecule has 3 amide bonds. The zero-order valence-corrected chi connectivity index (χ0v) is 15.5. The Labute approximate surface area is 152 Å². The van der Waals surface area contributed by atoms with Crippen molar-refractivity contribution in [2.75, 3.05) is 45.8 Å². The van der Waals surface area contributed by atoms with E-state index in [1.165, 1.54) is 14.2 Å². The van der Waals surface area contributed by atoms with Crippen molar-refractivity contribution in [3.63, 3.8) is 0 Å². The molecule has 0 heterocycles. The molecule has 2 N–H and O–H groups in total. The van der Waals surface area contributed by atoms with Gasteiger partial charge in [0.1, 0.15) is 0 Å². The fraction of sp³-hybridized carbons (Fsp3) is 0.471. The minimum absolute atomic E-state index is 0.0128. The van der Waals surface area contributed by atoms with E-state index in [1.54, 1.807) is 36.9 Å². The lowest BCUT2D eigenvalue weighted by molar-refractivity contribution is -0.122. The van der Waals surface area contributed by atoms with Gasteiger partial charge < -0.3 is 19.5 Å². The largest absolute Gasteiger partial charge is 0.493 e. The number of ether oxygens (including phenoxy) is 3. The highest BCUT2D eigenvalue weighted by Gasteiger charge is 2.16. The summed E-state index contributed by atoms with van der Waals surface area (Å²) in [5.74, 6) is 0.204. The zero-order chi connectivity index (χ0) is 19.5. The van der Waals surface area contributed by atoms with Gasteiger partial charge in [0.2, 0.25) is 11.8 Å². The summed E-state index contributed by atoms with van der Waals surface area (Å²) in [6.45, 7) is 3.96. The summed E-state index contributed by atoms with van der Waals surface area (Å²) in [4.78, 5) is 36.8. The predicted molar refractivity (Wildman–Crippen MR) is 95.5 cm³/mol. The highest BCUT2D eigenvalue weighted by Crippen LogP contribution is 2.29. The van der Waals surface area contributed by atoms with Crippen LogP contribution >= 0.6 is 0 Å². The second-order valence-corrected chi connectivity index (χ2v) is 5.19. The number of alkyl carbamates (subject to hydrolysis) is 1. The summed E-state index contributed by atoms with van der Waals surface area (Å²) >= 11 is 0. The van der Waals surface area contributed by atoms with Crippen LogP contribution in [-0.4, -0.2) is 63.3 Å². The Morgan fingerprint density at radius 2 is 1.65 bits per heavy atom. The fourth-order valence-corrected chi connectivity index (χ4v) is 2.12. The van der Waals surface area contributed by atoms with Crippen molar-refractivity contribution in [3.8, 4) is 11.5 Å². The number of methoxy groups -OCH3 is 2. The van der Waals surface area contributed by atoms with Crippen molar-refractivity contribution >= 4 is 23.6 Å². The molecular weight excluding hydrogens is 342 g/mol. The van der Waals surface area contributed by atoms with E-state index < -0.39 is 12.0 Å². The molecule has 0 saturated carbocycles. The molecule has 0 radical (unpaired) electrons. The summed E-state index contributed by atoms with van der Waals surface area (Å²) in [5.41, 5.74) is 0.541. The third kappa shape index (κ3) is 6.98. The smallest absolute Gasteiger partial charge is 0.413 e. The van der Waals surface area contributed by atoms with Crippen LogP contribution < -0.4 is 20.1 Å². The SMILES string of the molecule is CCOC(=O)NC(=O)CN(CC)CC(=O)Nc1ccc(OC)c(OC)c1. The third-order valence-electron chi connectivity index (χ3n) is 3.37. The zero-order valence-electron chi connectivity index (χ0n) is 15.5. The van der Waals surface area contributed by atoms with Gasteiger partial charge in [-0.05, 0) is 25.6 Å². The van der Waals surface area contributed by atoms with Crippen LogP contribution in [0.2, 0.25) is 0 Å². The van der Waals surface area contributed by atoms with Crippen LogP contribution in [0.1, 0.15) is 13.8 Å². The number of carbonyl (C=O) groups excluding carboxylic acids is 3. The quantitative estimate of drug-likeness (QED) is 0.676. The number of hydrogen-bond donors (Lipinski definition) is 2. The maximum Gasteiger partial charge on any atom is 0.413 e. The molecule has 0 unspecified atom stereocenters. The average molecular weight is 367 g/mol. The van der Waals surface area contributed by atoms with Crippen molar-refractivity contribution in [3.05, 3.63) is 18.2 Å². The van der Waals surface area contributed by atoms with E-state index in [0.29, 0.717) is 23.7 Å².